The van der Waals surface area contributed by atoms with Gasteiger partial charge >= 0.3 is 5.97 Å². The topological polar surface area (TPSA) is 103 Å². The first-order valence-electron chi connectivity index (χ1n) is 7.29. The molecule has 1 aromatic carbocycles. The third kappa shape index (κ3) is 2.90. The fourth-order valence-corrected chi connectivity index (χ4v) is 2.71. The number of esters is 1. The third-order valence-electron chi connectivity index (χ3n) is 3.83. The van der Waals surface area contributed by atoms with Crippen LogP contribution in [0, 0.1) is 5.92 Å². The van der Waals surface area contributed by atoms with E-state index >= 15 is 0 Å². The minimum Gasteiger partial charge on any atom is -0.466 e. The summed E-state index contributed by atoms with van der Waals surface area (Å²) >= 11 is 0. The van der Waals surface area contributed by atoms with Gasteiger partial charge in [0, 0.05) is 23.9 Å². The monoisotopic (exact) mass is 332 g/mol. The number of hydrogen-bond acceptors (Lipinski definition) is 6. The molecule has 2 aliphatic rings. The number of carbonyl (C=O) groups excluding carboxylic acids is 3. The van der Waals surface area contributed by atoms with Crippen LogP contribution < -0.4 is 20.1 Å². The van der Waals surface area contributed by atoms with E-state index < -0.39 is 17.8 Å². The number of ether oxygens (including phenoxy) is 3. The molecule has 0 radical (unpaired) electrons. The van der Waals surface area contributed by atoms with Crippen molar-refractivity contribution in [2.75, 3.05) is 19.2 Å². The summed E-state index contributed by atoms with van der Waals surface area (Å²) in [6.45, 7) is 1.69. The summed E-state index contributed by atoms with van der Waals surface area (Å²) in [5, 5.41) is 5.25. The zero-order valence-electron chi connectivity index (χ0n) is 13.2. The number of rotatable bonds is 3. The number of allylic oxidation sites excluding steroid dienone is 1. The van der Waals surface area contributed by atoms with Crippen molar-refractivity contribution in [1.29, 1.82) is 0 Å². The Morgan fingerprint density at radius 3 is 2.79 bits per heavy atom. The van der Waals surface area contributed by atoms with E-state index in [1.165, 1.54) is 7.11 Å². The lowest BCUT2D eigenvalue weighted by Gasteiger charge is -2.25. The van der Waals surface area contributed by atoms with Gasteiger partial charge in [-0.05, 0) is 19.1 Å². The molecule has 0 saturated heterocycles. The van der Waals surface area contributed by atoms with Gasteiger partial charge in [0.25, 0.3) is 0 Å². The van der Waals surface area contributed by atoms with Crippen LogP contribution in [-0.2, 0) is 19.1 Å². The maximum Gasteiger partial charge on any atom is 0.336 e. The van der Waals surface area contributed by atoms with Crippen LogP contribution in [0.2, 0.25) is 0 Å². The molecule has 2 heterocycles. The van der Waals surface area contributed by atoms with Crippen LogP contribution >= 0.6 is 0 Å². The number of fused-ring (bicyclic) bond motifs is 1. The molecule has 24 heavy (non-hydrogen) atoms. The Bertz CT molecular complexity index is 755. The second kappa shape index (κ2) is 6.23. The number of benzene rings is 1. The van der Waals surface area contributed by atoms with Crippen molar-refractivity contribution in [3.8, 4) is 11.5 Å². The number of hydrogen-bond donors (Lipinski definition) is 2. The van der Waals surface area contributed by atoms with E-state index in [4.69, 9.17) is 14.2 Å². The molecule has 0 aliphatic carbocycles. The molecule has 2 aliphatic heterocycles. The summed E-state index contributed by atoms with van der Waals surface area (Å²) in [6.07, 6.45) is -0.127. The highest BCUT2D eigenvalue weighted by Crippen LogP contribution is 2.34. The molecule has 0 spiro atoms. The molecule has 1 unspecified atom stereocenters. The van der Waals surface area contributed by atoms with Crippen molar-refractivity contribution < 1.29 is 28.6 Å². The van der Waals surface area contributed by atoms with E-state index in [1.807, 2.05) is 0 Å². The summed E-state index contributed by atoms with van der Waals surface area (Å²) in [4.78, 5) is 36.3. The Hall–Kier alpha value is -3.03. The molecule has 3 rings (SSSR count). The Balaban J connectivity index is 1.83. The van der Waals surface area contributed by atoms with Crippen molar-refractivity contribution >= 4 is 23.5 Å². The summed E-state index contributed by atoms with van der Waals surface area (Å²) in [6, 6.07) is 4.95. The summed E-state index contributed by atoms with van der Waals surface area (Å²) in [7, 11) is 1.23. The van der Waals surface area contributed by atoms with Crippen molar-refractivity contribution in [2.24, 2.45) is 5.92 Å². The Morgan fingerprint density at radius 1 is 1.29 bits per heavy atom. The second-order valence-corrected chi connectivity index (χ2v) is 5.39. The van der Waals surface area contributed by atoms with Gasteiger partial charge in [0.2, 0.25) is 18.6 Å². The zero-order chi connectivity index (χ0) is 17.3. The maximum absolute atomic E-state index is 12.6. The highest BCUT2D eigenvalue weighted by atomic mass is 16.7. The van der Waals surface area contributed by atoms with Gasteiger partial charge in [0.05, 0.1) is 18.6 Å². The standard InChI is InChI=1S/C16H16N2O6/c1-8-14(16(21)22-2)10(6-13(19)17-8)15(20)18-9-3-4-11-12(5-9)24-7-23-11/h3-5,10H,6-7H2,1-2H3,(H,17,19)(H,18,20). The molecule has 8 heteroatoms. The molecular formula is C16H16N2O6. The lowest BCUT2D eigenvalue weighted by atomic mass is 9.89. The average molecular weight is 332 g/mol. The fraction of sp³-hybridized carbons (Fsp3) is 0.312. The van der Waals surface area contributed by atoms with Gasteiger partial charge in [0.1, 0.15) is 0 Å². The number of anilines is 1. The normalized spacial score (nSPS) is 18.9. The average Bonchev–Trinajstić information content (AvgIpc) is 3.01. The van der Waals surface area contributed by atoms with Gasteiger partial charge in [0.15, 0.2) is 11.5 Å². The second-order valence-electron chi connectivity index (χ2n) is 5.39. The molecule has 126 valence electrons. The minimum atomic E-state index is -0.920. The van der Waals surface area contributed by atoms with Crippen molar-refractivity contribution in [3.05, 3.63) is 29.5 Å². The van der Waals surface area contributed by atoms with Crippen LogP contribution in [0.15, 0.2) is 29.5 Å². The molecule has 2 N–H and O–H groups in total. The molecular weight excluding hydrogens is 316 g/mol. The van der Waals surface area contributed by atoms with E-state index in [9.17, 15) is 14.4 Å². The van der Waals surface area contributed by atoms with Gasteiger partial charge < -0.3 is 24.8 Å². The van der Waals surface area contributed by atoms with Gasteiger partial charge in [-0.3, -0.25) is 9.59 Å². The first kappa shape index (κ1) is 15.9. The van der Waals surface area contributed by atoms with Crippen molar-refractivity contribution in [1.82, 2.24) is 5.32 Å². The fourth-order valence-electron chi connectivity index (χ4n) is 2.71. The molecule has 0 saturated carbocycles. The van der Waals surface area contributed by atoms with E-state index in [-0.39, 0.29) is 24.7 Å². The molecule has 1 aromatic rings. The van der Waals surface area contributed by atoms with E-state index in [0.29, 0.717) is 22.9 Å². The van der Waals surface area contributed by atoms with Crippen LogP contribution in [0.3, 0.4) is 0 Å². The zero-order valence-corrected chi connectivity index (χ0v) is 13.2. The van der Waals surface area contributed by atoms with E-state index in [1.54, 1.807) is 25.1 Å². The SMILES string of the molecule is COC(=O)C1=C(C)NC(=O)CC1C(=O)Nc1ccc2c(c1)OCO2. The molecule has 2 amide bonds. The quantitative estimate of drug-likeness (QED) is 0.799. The lowest BCUT2D eigenvalue weighted by Crippen LogP contribution is -2.40. The summed E-state index contributed by atoms with van der Waals surface area (Å²) < 4.78 is 15.2. The van der Waals surface area contributed by atoms with Gasteiger partial charge in [-0.2, -0.15) is 0 Å². The van der Waals surface area contributed by atoms with E-state index in [2.05, 4.69) is 10.6 Å². The number of amides is 2. The van der Waals surface area contributed by atoms with Gasteiger partial charge in [-0.15, -0.1) is 0 Å². The highest BCUT2D eigenvalue weighted by molar-refractivity contribution is 6.06. The molecule has 0 bridgehead atoms. The first-order valence-corrected chi connectivity index (χ1v) is 7.29. The minimum absolute atomic E-state index is 0.127. The van der Waals surface area contributed by atoms with Gasteiger partial charge in [-0.1, -0.05) is 0 Å². The smallest absolute Gasteiger partial charge is 0.336 e. The highest BCUT2D eigenvalue weighted by Gasteiger charge is 2.36. The Morgan fingerprint density at radius 2 is 2.04 bits per heavy atom. The van der Waals surface area contributed by atoms with Crippen LogP contribution in [0.25, 0.3) is 0 Å². The summed E-state index contributed by atoms with van der Waals surface area (Å²) in [5.41, 5.74) is 0.955. The van der Waals surface area contributed by atoms with Crippen LogP contribution in [0.5, 0.6) is 11.5 Å². The largest absolute Gasteiger partial charge is 0.466 e. The first-order chi connectivity index (χ1) is 11.5. The van der Waals surface area contributed by atoms with Crippen LogP contribution in [0.1, 0.15) is 13.3 Å². The van der Waals surface area contributed by atoms with Gasteiger partial charge in [-0.25, -0.2) is 4.79 Å². The predicted octanol–water partition coefficient (Wildman–Crippen LogP) is 0.937. The predicted molar refractivity (Wildman–Crippen MR) is 82.2 cm³/mol. The van der Waals surface area contributed by atoms with Crippen molar-refractivity contribution in [2.45, 2.75) is 13.3 Å². The Labute approximate surface area is 137 Å². The lowest BCUT2D eigenvalue weighted by molar-refractivity contribution is -0.139. The van der Waals surface area contributed by atoms with Crippen molar-refractivity contribution in [3.63, 3.8) is 0 Å². The van der Waals surface area contributed by atoms with E-state index in [0.717, 1.165) is 0 Å². The molecule has 1 atom stereocenters. The Kier molecular flexibility index (Phi) is 4.11. The van der Waals surface area contributed by atoms with Crippen LogP contribution in [-0.4, -0.2) is 31.7 Å². The maximum atomic E-state index is 12.6. The molecule has 0 aromatic heterocycles. The number of carbonyl (C=O) groups is 3. The van der Waals surface area contributed by atoms with Crippen LogP contribution in [0.4, 0.5) is 5.69 Å². The number of methoxy groups -OCH3 is 1. The molecule has 0 fully saturated rings. The molecule has 8 nitrogen and oxygen atoms in total. The summed E-state index contributed by atoms with van der Waals surface area (Å²) in [5.74, 6) is -1.24. The third-order valence-corrected chi connectivity index (χ3v) is 3.83. The number of nitrogens with one attached hydrogen (secondary N) is 2.